The molecule has 2 unspecified atom stereocenters. The fourth-order valence-corrected chi connectivity index (χ4v) is 3.57. The minimum Gasteiger partial charge on any atom is -0.358 e. The van der Waals surface area contributed by atoms with Crippen LogP contribution in [0.4, 0.5) is 0 Å². The third-order valence-corrected chi connectivity index (χ3v) is 4.65. The van der Waals surface area contributed by atoms with Gasteiger partial charge >= 0.3 is 0 Å². The smallest absolute Gasteiger partial charge is 0.0509 e. The average Bonchev–Trinajstić information content (AvgIpc) is 2.08. The molecule has 1 aliphatic rings. The van der Waals surface area contributed by atoms with Crippen LogP contribution in [-0.4, -0.2) is 12.8 Å². The molecule has 0 aromatic rings. The van der Waals surface area contributed by atoms with Gasteiger partial charge in [-0.3, -0.25) is 0 Å². The van der Waals surface area contributed by atoms with E-state index in [-0.39, 0.29) is 0 Å². The molecular formula is C8H18OP2. The molecule has 1 aliphatic heterocycles. The SMILES string of the molecule is C1CCCCPPOCCC1. The van der Waals surface area contributed by atoms with Gasteiger partial charge in [-0.25, -0.2) is 0 Å². The summed E-state index contributed by atoms with van der Waals surface area (Å²) in [4.78, 5) is 0. The highest BCUT2D eigenvalue weighted by atomic mass is 32.0. The second-order valence-corrected chi connectivity index (χ2v) is 6.02. The first-order valence-corrected chi connectivity index (χ1v) is 7.71. The molecule has 0 amide bonds. The molecule has 66 valence electrons. The molecule has 1 rings (SSSR count). The Bertz CT molecular complexity index is 50.1. The Morgan fingerprint density at radius 3 is 2.45 bits per heavy atom. The van der Waals surface area contributed by atoms with Crippen LogP contribution >= 0.6 is 16.8 Å². The fraction of sp³-hybridized carbons (Fsp3) is 1.00. The maximum Gasteiger partial charge on any atom is 0.0509 e. The second kappa shape index (κ2) is 7.47. The van der Waals surface area contributed by atoms with Crippen LogP contribution < -0.4 is 0 Å². The molecule has 3 heteroatoms. The zero-order valence-corrected chi connectivity index (χ0v) is 9.07. The lowest BCUT2D eigenvalue weighted by atomic mass is 10.1. The average molecular weight is 192 g/mol. The normalized spacial score (nSPS) is 28.4. The van der Waals surface area contributed by atoms with Crippen molar-refractivity contribution >= 4 is 16.8 Å². The summed E-state index contributed by atoms with van der Waals surface area (Å²) >= 11 is 0. The van der Waals surface area contributed by atoms with E-state index in [1.54, 1.807) is 0 Å². The lowest BCUT2D eigenvalue weighted by Gasteiger charge is -2.00. The van der Waals surface area contributed by atoms with Gasteiger partial charge in [-0.15, -0.1) is 0 Å². The lowest BCUT2D eigenvalue weighted by Crippen LogP contribution is -1.84. The molecule has 11 heavy (non-hydrogen) atoms. The van der Waals surface area contributed by atoms with E-state index in [9.17, 15) is 0 Å². The topological polar surface area (TPSA) is 9.23 Å². The highest BCUT2D eigenvalue weighted by Gasteiger charge is 1.95. The lowest BCUT2D eigenvalue weighted by molar-refractivity contribution is 0.351. The quantitative estimate of drug-likeness (QED) is 0.533. The molecule has 0 aromatic carbocycles. The Morgan fingerprint density at radius 2 is 1.55 bits per heavy atom. The van der Waals surface area contributed by atoms with Crippen molar-refractivity contribution in [2.75, 3.05) is 12.8 Å². The third-order valence-electron chi connectivity index (χ3n) is 1.94. The van der Waals surface area contributed by atoms with Gasteiger partial charge in [0.15, 0.2) is 0 Å². The van der Waals surface area contributed by atoms with Crippen LogP contribution in [0.1, 0.15) is 38.5 Å². The van der Waals surface area contributed by atoms with E-state index in [1.165, 1.54) is 44.7 Å². The van der Waals surface area contributed by atoms with Crippen molar-refractivity contribution in [3.8, 4) is 0 Å². The zero-order valence-electron chi connectivity index (χ0n) is 7.07. The summed E-state index contributed by atoms with van der Waals surface area (Å²) in [5.74, 6) is 0. The van der Waals surface area contributed by atoms with Crippen molar-refractivity contribution in [2.45, 2.75) is 38.5 Å². The van der Waals surface area contributed by atoms with Crippen molar-refractivity contribution in [2.24, 2.45) is 0 Å². The van der Waals surface area contributed by atoms with Gasteiger partial charge < -0.3 is 4.52 Å². The van der Waals surface area contributed by atoms with E-state index < -0.39 is 0 Å². The molecule has 1 saturated heterocycles. The Morgan fingerprint density at radius 1 is 0.818 bits per heavy atom. The van der Waals surface area contributed by atoms with Gasteiger partial charge in [0.25, 0.3) is 0 Å². The molecule has 2 atom stereocenters. The molecule has 0 aliphatic carbocycles. The van der Waals surface area contributed by atoms with Crippen molar-refractivity contribution < 1.29 is 4.52 Å². The van der Waals surface area contributed by atoms with Gasteiger partial charge in [0, 0.05) is 8.50 Å². The van der Waals surface area contributed by atoms with E-state index in [0.29, 0.717) is 0 Å². The Labute approximate surface area is 73.2 Å². The van der Waals surface area contributed by atoms with Gasteiger partial charge in [0.2, 0.25) is 0 Å². The summed E-state index contributed by atoms with van der Waals surface area (Å²) in [6, 6.07) is 0. The molecule has 1 heterocycles. The summed E-state index contributed by atoms with van der Waals surface area (Å²) < 4.78 is 5.51. The minimum atomic E-state index is 0.807. The first-order valence-electron chi connectivity index (χ1n) is 4.60. The van der Waals surface area contributed by atoms with Crippen molar-refractivity contribution in [3.63, 3.8) is 0 Å². The highest BCUT2D eigenvalue weighted by molar-refractivity contribution is 8.09. The Kier molecular flexibility index (Phi) is 6.72. The van der Waals surface area contributed by atoms with Crippen molar-refractivity contribution in [1.29, 1.82) is 0 Å². The molecule has 0 saturated carbocycles. The van der Waals surface area contributed by atoms with E-state index in [4.69, 9.17) is 4.52 Å². The van der Waals surface area contributed by atoms with E-state index in [0.717, 1.165) is 23.4 Å². The van der Waals surface area contributed by atoms with E-state index >= 15 is 0 Å². The third kappa shape index (κ3) is 6.02. The standard InChI is InChI=1S/C8H18OP2/c1-2-4-6-8-10-11-9-7-5-3-1/h10-11H,1-8H2. The summed E-state index contributed by atoms with van der Waals surface area (Å²) in [5, 5.41) is 0. The van der Waals surface area contributed by atoms with Crippen LogP contribution in [0.25, 0.3) is 0 Å². The molecule has 0 N–H and O–H groups in total. The zero-order chi connectivity index (χ0) is 7.78. The largest absolute Gasteiger partial charge is 0.358 e. The summed E-state index contributed by atoms with van der Waals surface area (Å²) in [7, 11) is 1.89. The maximum atomic E-state index is 5.51. The molecule has 0 aromatic heterocycles. The number of hydrogen-bond donors (Lipinski definition) is 0. The van der Waals surface area contributed by atoms with Crippen LogP contribution in [0.2, 0.25) is 0 Å². The van der Waals surface area contributed by atoms with Crippen LogP contribution in [0, 0.1) is 0 Å². The van der Waals surface area contributed by atoms with Gasteiger partial charge in [0.1, 0.15) is 0 Å². The van der Waals surface area contributed by atoms with Crippen molar-refractivity contribution in [3.05, 3.63) is 0 Å². The molecule has 0 radical (unpaired) electrons. The first-order chi connectivity index (χ1) is 5.50. The van der Waals surface area contributed by atoms with Crippen molar-refractivity contribution in [1.82, 2.24) is 0 Å². The summed E-state index contributed by atoms with van der Waals surface area (Å²) in [6.07, 6.45) is 9.86. The van der Waals surface area contributed by atoms with Gasteiger partial charge in [0.05, 0.1) is 6.61 Å². The fourth-order valence-electron chi connectivity index (χ4n) is 1.25. The monoisotopic (exact) mass is 192 g/mol. The predicted octanol–water partition coefficient (Wildman–Crippen LogP) is 3.54. The maximum absolute atomic E-state index is 5.51. The Balaban J connectivity index is 2.02. The van der Waals surface area contributed by atoms with Crippen LogP contribution in [-0.2, 0) is 4.52 Å². The number of rotatable bonds is 0. The first kappa shape index (κ1) is 9.90. The van der Waals surface area contributed by atoms with Gasteiger partial charge in [-0.2, -0.15) is 0 Å². The van der Waals surface area contributed by atoms with Crippen LogP contribution in [0.5, 0.6) is 0 Å². The van der Waals surface area contributed by atoms with Gasteiger partial charge in [-0.1, -0.05) is 34.0 Å². The minimum absolute atomic E-state index is 0.807. The summed E-state index contributed by atoms with van der Waals surface area (Å²) in [5.41, 5.74) is 0. The molecule has 1 fully saturated rings. The van der Waals surface area contributed by atoms with Crippen LogP contribution in [0.15, 0.2) is 0 Å². The molecular weight excluding hydrogens is 174 g/mol. The van der Waals surface area contributed by atoms with E-state index in [2.05, 4.69) is 0 Å². The molecule has 1 nitrogen and oxygen atoms in total. The van der Waals surface area contributed by atoms with Gasteiger partial charge in [-0.05, 0) is 19.0 Å². The highest BCUT2D eigenvalue weighted by Crippen LogP contribution is 2.38. The Hall–Kier alpha value is 0.820. The van der Waals surface area contributed by atoms with Crippen LogP contribution in [0.3, 0.4) is 0 Å². The second-order valence-electron chi connectivity index (χ2n) is 3.00. The summed E-state index contributed by atoms with van der Waals surface area (Å²) in [6.45, 7) is 1.02. The van der Waals surface area contributed by atoms with E-state index in [1.807, 2.05) is 0 Å². The molecule has 0 spiro atoms. The number of hydrogen-bond acceptors (Lipinski definition) is 1. The predicted molar refractivity (Wildman–Crippen MR) is 55.2 cm³/mol. The molecule has 0 bridgehead atoms.